The minimum atomic E-state index is -1.55. The number of hydrogen-bond donors (Lipinski definition) is 0. The van der Waals surface area contributed by atoms with Crippen molar-refractivity contribution in [3.8, 4) is 0 Å². The number of aromatic nitrogens is 2. The van der Waals surface area contributed by atoms with E-state index in [1.807, 2.05) is 62.6 Å². The van der Waals surface area contributed by atoms with Crippen molar-refractivity contribution in [2.24, 2.45) is 17.8 Å². The summed E-state index contributed by atoms with van der Waals surface area (Å²) in [4.78, 5) is 48.6. The van der Waals surface area contributed by atoms with Gasteiger partial charge in [-0.05, 0) is 93.5 Å². The second kappa shape index (κ2) is 18.1. The third-order valence-corrected chi connectivity index (χ3v) is 13.4. The molecule has 3 fully saturated rings. The number of allylic oxidation sites excluding steroid dienone is 1. The van der Waals surface area contributed by atoms with Gasteiger partial charge >= 0.3 is 12.1 Å². The summed E-state index contributed by atoms with van der Waals surface area (Å²) in [6, 6.07) is 0.203. The Morgan fingerprint density at radius 1 is 0.983 bits per heavy atom. The van der Waals surface area contributed by atoms with Crippen LogP contribution < -0.4 is 0 Å². The number of rotatable bonds is 9. The predicted octanol–water partition coefficient (Wildman–Crippen LogP) is 5.72. The van der Waals surface area contributed by atoms with Gasteiger partial charge in [-0.2, -0.15) is 0 Å². The van der Waals surface area contributed by atoms with E-state index >= 15 is 0 Å². The van der Waals surface area contributed by atoms with Crippen LogP contribution in [0.2, 0.25) is 0 Å². The second-order valence-corrected chi connectivity index (χ2v) is 18.0. The van der Waals surface area contributed by atoms with E-state index < -0.39 is 83.1 Å². The zero-order valence-electron chi connectivity index (χ0n) is 37.1. The summed E-state index contributed by atoms with van der Waals surface area (Å²) in [6.45, 7) is 19.1. The number of esters is 1. The molecule has 15 nitrogen and oxygen atoms in total. The van der Waals surface area contributed by atoms with Gasteiger partial charge in [-0.15, -0.1) is 0 Å². The Balaban J connectivity index is 1.61. The molecule has 5 rings (SSSR count). The molecule has 328 valence electrons. The Labute approximate surface area is 344 Å². The fourth-order valence-corrected chi connectivity index (χ4v) is 9.56. The first-order valence-electron chi connectivity index (χ1n) is 20.8. The smallest absolute Gasteiger partial charge is 0.420 e. The summed E-state index contributed by atoms with van der Waals surface area (Å²) in [5, 5.41) is 0. The van der Waals surface area contributed by atoms with E-state index in [0.29, 0.717) is 25.0 Å². The molecule has 1 spiro atoms. The van der Waals surface area contributed by atoms with E-state index in [-0.39, 0.29) is 36.9 Å². The summed E-state index contributed by atoms with van der Waals surface area (Å²) < 4.78 is 59.1. The molecule has 0 unspecified atom stereocenters. The molecular formula is C43H69N3O12. The SMILES string of the molecule is CC[C@H]1OC(=O)[C@H](C)[C@@H](O[C@H]2C[C@@](C)(OC)[C@@]3(CO3)[C@H](C)O2)[C@H](C)[C@@H](O[C@H]2C[C@@H](N(C)C)C[C@@H](C)O2)[C@@](C)(OC)C[C@@H](C)C(=O)/C(C)=C/[C@]1(C)OC(=O)n1ccnc1. The van der Waals surface area contributed by atoms with Gasteiger partial charge in [0.25, 0.3) is 0 Å². The molecule has 3 saturated heterocycles. The van der Waals surface area contributed by atoms with Crippen LogP contribution in [0.25, 0.3) is 0 Å². The first-order chi connectivity index (χ1) is 27.2. The average molecular weight is 820 g/mol. The normalized spacial score (nSPS) is 44.0. The molecule has 0 amide bonds. The van der Waals surface area contributed by atoms with Gasteiger partial charge < -0.3 is 47.5 Å². The van der Waals surface area contributed by atoms with Crippen molar-refractivity contribution >= 4 is 17.8 Å². The number of cyclic esters (lactones) is 1. The van der Waals surface area contributed by atoms with Crippen molar-refractivity contribution in [1.82, 2.24) is 14.5 Å². The summed E-state index contributed by atoms with van der Waals surface area (Å²) in [6.07, 6.45) is 2.87. The molecule has 1 aromatic heterocycles. The molecule has 0 aromatic carbocycles. The number of carbonyl (C=O) groups excluding carboxylic acids is 3. The van der Waals surface area contributed by atoms with Crippen molar-refractivity contribution in [2.45, 2.75) is 173 Å². The number of ether oxygens (including phenoxy) is 9. The second-order valence-electron chi connectivity index (χ2n) is 18.0. The van der Waals surface area contributed by atoms with Gasteiger partial charge in [-0.25, -0.2) is 14.3 Å². The van der Waals surface area contributed by atoms with Crippen LogP contribution in [0.3, 0.4) is 0 Å². The lowest BCUT2D eigenvalue weighted by Gasteiger charge is -2.49. The van der Waals surface area contributed by atoms with Gasteiger partial charge in [0.05, 0.1) is 42.5 Å². The number of ketones is 1. The maximum absolute atomic E-state index is 14.7. The van der Waals surface area contributed by atoms with Crippen molar-refractivity contribution in [3.05, 3.63) is 30.4 Å². The third-order valence-electron chi connectivity index (χ3n) is 13.4. The molecule has 58 heavy (non-hydrogen) atoms. The molecule has 4 aliphatic heterocycles. The Bertz CT molecular complexity index is 1620. The van der Waals surface area contributed by atoms with Crippen LogP contribution in [0.4, 0.5) is 4.79 Å². The summed E-state index contributed by atoms with van der Waals surface area (Å²) in [5.74, 6) is -2.83. The van der Waals surface area contributed by atoms with Crippen LogP contribution in [0.15, 0.2) is 30.4 Å². The highest BCUT2D eigenvalue weighted by Crippen LogP contribution is 2.51. The van der Waals surface area contributed by atoms with E-state index in [1.165, 1.54) is 23.3 Å². The van der Waals surface area contributed by atoms with Gasteiger partial charge in [-0.3, -0.25) is 9.59 Å². The summed E-state index contributed by atoms with van der Waals surface area (Å²) >= 11 is 0. The molecule has 15 atom stereocenters. The van der Waals surface area contributed by atoms with Crippen molar-refractivity contribution < 1.29 is 57.0 Å². The molecule has 0 saturated carbocycles. The molecule has 0 bridgehead atoms. The lowest BCUT2D eigenvalue weighted by molar-refractivity contribution is -0.304. The van der Waals surface area contributed by atoms with Crippen LogP contribution in [-0.4, -0.2) is 139 Å². The van der Waals surface area contributed by atoms with Crippen LogP contribution in [0.5, 0.6) is 0 Å². The highest BCUT2D eigenvalue weighted by molar-refractivity contribution is 5.96. The van der Waals surface area contributed by atoms with Crippen LogP contribution >= 0.6 is 0 Å². The highest BCUT2D eigenvalue weighted by Gasteiger charge is 2.67. The molecule has 0 aliphatic carbocycles. The minimum Gasteiger partial charge on any atom is -0.457 e. The average Bonchev–Trinajstić information content (AvgIpc) is 3.81. The fraction of sp³-hybridized carbons (Fsp3) is 0.814. The first-order valence-corrected chi connectivity index (χ1v) is 20.8. The molecule has 1 aromatic rings. The van der Waals surface area contributed by atoms with E-state index in [4.69, 9.17) is 42.6 Å². The Morgan fingerprint density at radius 2 is 1.67 bits per heavy atom. The van der Waals surface area contributed by atoms with Crippen LogP contribution in [0.1, 0.15) is 101 Å². The third kappa shape index (κ3) is 9.41. The van der Waals surface area contributed by atoms with Crippen LogP contribution in [0, 0.1) is 17.8 Å². The zero-order chi connectivity index (χ0) is 43.0. The minimum absolute atomic E-state index is 0.0769. The molecule has 15 heteroatoms. The van der Waals surface area contributed by atoms with Gasteiger partial charge in [0.1, 0.15) is 23.6 Å². The summed E-state index contributed by atoms with van der Waals surface area (Å²) in [7, 11) is 7.36. The number of epoxide rings is 1. The quantitative estimate of drug-likeness (QED) is 0.220. The van der Waals surface area contributed by atoms with E-state index in [1.54, 1.807) is 41.1 Å². The molecule has 0 N–H and O–H groups in total. The number of Topliss-reactive ketones (excluding diaryl/α,β-unsaturated/α-hetero) is 1. The number of carbonyl (C=O) groups is 3. The predicted molar refractivity (Wildman–Crippen MR) is 213 cm³/mol. The lowest BCUT2D eigenvalue weighted by Crippen LogP contribution is -2.61. The number of hydrogen-bond acceptors (Lipinski definition) is 14. The Morgan fingerprint density at radius 3 is 2.24 bits per heavy atom. The fourth-order valence-electron chi connectivity index (χ4n) is 9.56. The topological polar surface area (TPSA) is 159 Å². The van der Waals surface area contributed by atoms with Crippen LogP contribution in [-0.2, 0) is 52.2 Å². The van der Waals surface area contributed by atoms with Gasteiger partial charge in [0, 0.05) is 57.3 Å². The zero-order valence-corrected chi connectivity index (χ0v) is 37.1. The van der Waals surface area contributed by atoms with Crippen molar-refractivity contribution in [2.75, 3.05) is 34.9 Å². The number of nitrogens with zero attached hydrogens (tertiary/aromatic N) is 3. The maximum atomic E-state index is 14.7. The Hall–Kier alpha value is -2.76. The lowest BCUT2D eigenvalue weighted by atomic mass is 9.76. The highest BCUT2D eigenvalue weighted by atomic mass is 16.7. The van der Waals surface area contributed by atoms with E-state index in [2.05, 4.69) is 9.88 Å². The van der Waals surface area contributed by atoms with E-state index in [9.17, 15) is 14.4 Å². The van der Waals surface area contributed by atoms with Crippen molar-refractivity contribution in [3.63, 3.8) is 0 Å². The molecular weight excluding hydrogens is 750 g/mol. The molecule has 0 radical (unpaired) electrons. The van der Waals surface area contributed by atoms with Gasteiger partial charge in [-0.1, -0.05) is 20.8 Å². The standard InChI is InChI=1S/C43H69N3O12/c1-15-32-40(8,58-39(49)46-17-16-44-24-46)20-25(2)35(47)26(3)21-41(9,50-13)37(57-33-19-31(45(11)12)18-27(4)53-33)28(5)36(29(6)38(48)55-32)56-34-22-42(10,51-14)43(23-52-43)30(7)54-34/h16-17,20,24,26-34,36-37H,15,18-19,21-23H2,1-14H3/b25-20+/t26-,27-,28+,29-,30+,31+,32-,33+,34+,36+,37-,40+,41+,42-,43-/m1/s1. The van der Waals surface area contributed by atoms with Crippen molar-refractivity contribution in [1.29, 1.82) is 0 Å². The molecule has 5 heterocycles. The largest absolute Gasteiger partial charge is 0.457 e. The Kier molecular flexibility index (Phi) is 14.4. The summed E-state index contributed by atoms with van der Waals surface area (Å²) in [5.41, 5.74) is -3.65. The van der Waals surface area contributed by atoms with E-state index in [0.717, 1.165) is 6.42 Å². The number of methoxy groups -OCH3 is 2. The monoisotopic (exact) mass is 819 g/mol. The maximum Gasteiger partial charge on any atom is 0.420 e. The first kappa shape index (κ1) is 46.3. The molecule has 4 aliphatic rings. The van der Waals surface area contributed by atoms with Gasteiger partial charge in [0.15, 0.2) is 24.0 Å². The number of imidazole rings is 1. The van der Waals surface area contributed by atoms with Gasteiger partial charge in [0.2, 0.25) is 0 Å².